The maximum absolute atomic E-state index is 11.8. The molecule has 2 aliphatic rings. The lowest BCUT2D eigenvalue weighted by Crippen LogP contribution is -2.62. The third kappa shape index (κ3) is 2.13. The third-order valence-electron chi connectivity index (χ3n) is 5.25. The smallest absolute Gasteiger partial charge is 0.156 e. The Morgan fingerprint density at radius 1 is 1.40 bits per heavy atom. The van der Waals surface area contributed by atoms with E-state index in [4.69, 9.17) is 4.89 Å². The molecular formula is C15H24O5. The number of aliphatic hydroxyl groups is 2. The first kappa shape index (κ1) is 15.6. The lowest BCUT2D eigenvalue weighted by Gasteiger charge is -2.56. The maximum atomic E-state index is 11.8. The fourth-order valence-electron chi connectivity index (χ4n) is 4.05. The van der Waals surface area contributed by atoms with Crippen LogP contribution >= 0.6 is 0 Å². The van der Waals surface area contributed by atoms with Crippen molar-refractivity contribution < 1.29 is 25.2 Å². The van der Waals surface area contributed by atoms with E-state index in [0.29, 0.717) is 12.0 Å². The molecule has 0 unspecified atom stereocenters. The van der Waals surface area contributed by atoms with Crippen molar-refractivity contribution >= 4 is 5.78 Å². The highest BCUT2D eigenvalue weighted by Gasteiger charge is 2.61. The molecule has 0 aromatic heterocycles. The number of hydrogen-bond donors (Lipinski definition) is 3. The summed E-state index contributed by atoms with van der Waals surface area (Å²) in [6.45, 7) is 6.88. The number of carbonyl (C=O) groups excluding carboxylic acids is 1. The second kappa shape index (κ2) is 4.63. The van der Waals surface area contributed by atoms with Gasteiger partial charge in [-0.1, -0.05) is 6.92 Å². The molecule has 0 aromatic rings. The molecule has 4 atom stereocenters. The van der Waals surface area contributed by atoms with Gasteiger partial charge in [0.1, 0.15) is 5.60 Å². The Bertz CT molecular complexity index is 450. The minimum Gasteiger partial charge on any atom is -0.393 e. The molecule has 114 valence electrons. The Balaban J connectivity index is 2.50. The Kier molecular flexibility index (Phi) is 3.62. The predicted molar refractivity (Wildman–Crippen MR) is 73.0 cm³/mol. The topological polar surface area (TPSA) is 87.0 Å². The van der Waals surface area contributed by atoms with Gasteiger partial charge in [0, 0.05) is 17.8 Å². The molecule has 0 saturated heterocycles. The number of fused-ring (bicyclic) bond motifs is 1. The van der Waals surface area contributed by atoms with E-state index in [2.05, 4.69) is 0 Å². The van der Waals surface area contributed by atoms with E-state index < -0.39 is 28.6 Å². The normalized spacial score (nSPS) is 42.1. The lowest BCUT2D eigenvalue weighted by atomic mass is 9.52. The van der Waals surface area contributed by atoms with Gasteiger partial charge in [0.15, 0.2) is 5.78 Å². The Labute approximate surface area is 119 Å². The summed E-state index contributed by atoms with van der Waals surface area (Å²) in [5.74, 6) is -0.453. The van der Waals surface area contributed by atoms with Gasteiger partial charge < -0.3 is 10.2 Å². The van der Waals surface area contributed by atoms with Crippen LogP contribution in [0.5, 0.6) is 0 Å². The Hall–Kier alpha value is -0.750. The molecule has 1 fully saturated rings. The van der Waals surface area contributed by atoms with Gasteiger partial charge >= 0.3 is 0 Å². The summed E-state index contributed by atoms with van der Waals surface area (Å²) in [6.07, 6.45) is 1.57. The summed E-state index contributed by atoms with van der Waals surface area (Å²) in [7, 11) is 0. The number of aliphatic hydroxyl groups excluding tert-OH is 1. The minimum atomic E-state index is -1.09. The van der Waals surface area contributed by atoms with Crippen LogP contribution in [0.4, 0.5) is 0 Å². The minimum absolute atomic E-state index is 0.0217. The summed E-state index contributed by atoms with van der Waals surface area (Å²) < 4.78 is 0. The van der Waals surface area contributed by atoms with E-state index in [9.17, 15) is 20.3 Å². The number of ketones is 1. The molecule has 20 heavy (non-hydrogen) atoms. The largest absolute Gasteiger partial charge is 0.393 e. The van der Waals surface area contributed by atoms with Crippen molar-refractivity contribution in [2.45, 2.75) is 64.3 Å². The zero-order valence-electron chi connectivity index (χ0n) is 12.5. The molecule has 0 heterocycles. The molecule has 0 bridgehead atoms. The molecule has 0 radical (unpaired) electrons. The highest BCUT2D eigenvalue weighted by atomic mass is 17.1. The highest BCUT2D eigenvalue weighted by Crippen LogP contribution is 2.57. The van der Waals surface area contributed by atoms with Gasteiger partial charge in [0.05, 0.1) is 11.7 Å². The molecule has 0 aliphatic heterocycles. The average molecular weight is 284 g/mol. The van der Waals surface area contributed by atoms with Crippen LogP contribution in [0.2, 0.25) is 0 Å². The average Bonchev–Trinajstić information content (AvgIpc) is 2.25. The zero-order chi connectivity index (χ0) is 15.3. The zero-order valence-corrected chi connectivity index (χ0v) is 12.5. The second-order valence-electron chi connectivity index (χ2n) is 7.19. The summed E-state index contributed by atoms with van der Waals surface area (Å²) in [4.78, 5) is 16.7. The molecule has 0 spiro atoms. The SMILES string of the molecule is CC1=CC(=O)C[C@]2(C)C[C@@H](O)[C@H](C(C)(C)O)C[C@@]12OO. The van der Waals surface area contributed by atoms with Crippen molar-refractivity contribution in [3.8, 4) is 0 Å². The van der Waals surface area contributed by atoms with Crippen LogP contribution in [-0.2, 0) is 9.68 Å². The van der Waals surface area contributed by atoms with Crippen LogP contribution in [0.1, 0.15) is 47.0 Å². The maximum Gasteiger partial charge on any atom is 0.156 e. The molecule has 0 aromatic carbocycles. The molecule has 0 amide bonds. The number of allylic oxidation sites excluding steroid dienone is 1. The monoisotopic (exact) mass is 284 g/mol. The van der Waals surface area contributed by atoms with Crippen LogP contribution in [0.15, 0.2) is 11.6 Å². The Morgan fingerprint density at radius 3 is 2.50 bits per heavy atom. The van der Waals surface area contributed by atoms with E-state index in [1.807, 2.05) is 6.92 Å². The fraction of sp³-hybridized carbons (Fsp3) is 0.800. The van der Waals surface area contributed by atoms with Crippen LogP contribution in [0, 0.1) is 11.3 Å². The van der Waals surface area contributed by atoms with Gasteiger partial charge in [-0.25, -0.2) is 4.89 Å². The first-order valence-corrected chi connectivity index (χ1v) is 7.00. The predicted octanol–water partition coefficient (Wildman–Crippen LogP) is 1.68. The van der Waals surface area contributed by atoms with Gasteiger partial charge in [-0.15, -0.1) is 0 Å². The van der Waals surface area contributed by atoms with Crippen molar-refractivity contribution in [2.24, 2.45) is 11.3 Å². The van der Waals surface area contributed by atoms with E-state index in [1.165, 1.54) is 6.08 Å². The quantitative estimate of drug-likeness (QED) is 0.530. The second-order valence-corrected chi connectivity index (χ2v) is 7.19. The van der Waals surface area contributed by atoms with Crippen LogP contribution in [0.3, 0.4) is 0 Å². The summed E-state index contributed by atoms with van der Waals surface area (Å²) >= 11 is 0. The van der Waals surface area contributed by atoms with Crippen molar-refractivity contribution in [3.05, 3.63) is 11.6 Å². The van der Waals surface area contributed by atoms with Gasteiger partial charge in [-0.05, 0) is 45.3 Å². The molecule has 2 rings (SSSR count). The number of rotatable bonds is 2. The summed E-state index contributed by atoms with van der Waals surface area (Å²) in [5.41, 5.74) is -2.13. The summed E-state index contributed by atoms with van der Waals surface area (Å²) in [5, 5.41) is 30.2. The van der Waals surface area contributed by atoms with E-state index in [1.54, 1.807) is 20.8 Å². The first-order chi connectivity index (χ1) is 9.06. The van der Waals surface area contributed by atoms with Crippen LogP contribution in [0.25, 0.3) is 0 Å². The van der Waals surface area contributed by atoms with E-state index in [-0.39, 0.29) is 18.6 Å². The molecule has 2 aliphatic carbocycles. The van der Waals surface area contributed by atoms with Crippen LogP contribution in [-0.4, -0.2) is 38.6 Å². The standard InChI is InChI=1S/C15H24O5/c1-9-5-10(16)6-14(4)8-12(17)11(13(2,3)18)7-15(9,14)20-19/h5,11-12,17-19H,6-8H2,1-4H3/t11-,12-,14-,15-/m1/s1. The van der Waals surface area contributed by atoms with E-state index >= 15 is 0 Å². The van der Waals surface area contributed by atoms with Gasteiger partial charge in [-0.3, -0.25) is 10.1 Å². The van der Waals surface area contributed by atoms with Crippen molar-refractivity contribution in [3.63, 3.8) is 0 Å². The van der Waals surface area contributed by atoms with Crippen molar-refractivity contribution in [1.29, 1.82) is 0 Å². The number of hydrogen-bond acceptors (Lipinski definition) is 5. The van der Waals surface area contributed by atoms with Crippen molar-refractivity contribution in [1.82, 2.24) is 0 Å². The Morgan fingerprint density at radius 2 is 2.00 bits per heavy atom. The lowest BCUT2D eigenvalue weighted by molar-refractivity contribution is -0.360. The van der Waals surface area contributed by atoms with Gasteiger partial charge in [-0.2, -0.15) is 0 Å². The molecule has 3 N–H and O–H groups in total. The number of carbonyl (C=O) groups is 1. The highest BCUT2D eigenvalue weighted by molar-refractivity contribution is 5.92. The molecule has 5 nitrogen and oxygen atoms in total. The summed E-state index contributed by atoms with van der Waals surface area (Å²) in [6, 6.07) is 0. The molecule has 1 saturated carbocycles. The van der Waals surface area contributed by atoms with Crippen LogP contribution < -0.4 is 0 Å². The van der Waals surface area contributed by atoms with E-state index in [0.717, 1.165) is 0 Å². The molecular weight excluding hydrogens is 260 g/mol. The van der Waals surface area contributed by atoms with Crippen molar-refractivity contribution in [2.75, 3.05) is 0 Å². The first-order valence-electron chi connectivity index (χ1n) is 7.00. The fourth-order valence-corrected chi connectivity index (χ4v) is 4.05. The third-order valence-corrected chi connectivity index (χ3v) is 5.25. The van der Waals surface area contributed by atoms with Gasteiger partial charge in [0.2, 0.25) is 0 Å². The van der Waals surface area contributed by atoms with Gasteiger partial charge in [0.25, 0.3) is 0 Å². The molecule has 5 heteroatoms.